The Morgan fingerprint density at radius 3 is 2.62 bits per heavy atom. The lowest BCUT2D eigenvalue weighted by molar-refractivity contribution is -0.384. The summed E-state index contributed by atoms with van der Waals surface area (Å²) in [4.78, 5) is 14.0. The van der Waals surface area contributed by atoms with Crippen molar-refractivity contribution < 1.29 is 4.92 Å². The molecular weight excluding hydrogens is 226 g/mol. The zero-order valence-corrected chi connectivity index (χ0v) is 9.74. The summed E-state index contributed by atoms with van der Waals surface area (Å²) in [6.07, 6.45) is 0. The lowest BCUT2D eigenvalue weighted by Crippen LogP contribution is -2.07. The summed E-state index contributed by atoms with van der Waals surface area (Å²) >= 11 is 1.43. The van der Waals surface area contributed by atoms with Gasteiger partial charge in [0.15, 0.2) is 5.17 Å². The summed E-state index contributed by atoms with van der Waals surface area (Å²) in [5.74, 6) is 0.674. The Labute approximate surface area is 97.9 Å². The van der Waals surface area contributed by atoms with E-state index in [0.29, 0.717) is 17.5 Å². The number of hydrogen-bond donors (Lipinski definition) is 1. The van der Waals surface area contributed by atoms with Gasteiger partial charge in [0, 0.05) is 24.4 Å². The number of nitrogens with zero attached hydrogens (tertiary/aromatic N) is 2. The number of nitro benzene ring substituents is 1. The number of nitro groups is 1. The van der Waals surface area contributed by atoms with Crippen molar-refractivity contribution in [2.45, 2.75) is 12.7 Å². The van der Waals surface area contributed by atoms with Gasteiger partial charge in [-0.05, 0) is 12.5 Å². The first kappa shape index (κ1) is 12.5. The molecule has 16 heavy (non-hydrogen) atoms. The van der Waals surface area contributed by atoms with E-state index in [2.05, 4.69) is 4.99 Å². The minimum absolute atomic E-state index is 0.101. The lowest BCUT2D eigenvalue weighted by atomic mass is 10.2. The maximum atomic E-state index is 10.4. The lowest BCUT2D eigenvalue weighted by Gasteiger charge is -2.00. The normalized spacial score (nSPS) is 11.4. The zero-order valence-electron chi connectivity index (χ0n) is 8.92. The van der Waals surface area contributed by atoms with E-state index in [1.807, 2.05) is 6.92 Å². The molecule has 0 aliphatic heterocycles. The topological polar surface area (TPSA) is 81.5 Å². The molecule has 6 heteroatoms. The minimum atomic E-state index is -0.413. The molecule has 0 atom stereocenters. The average Bonchev–Trinajstić information content (AvgIpc) is 2.27. The third-order valence-corrected chi connectivity index (χ3v) is 2.75. The molecule has 0 fully saturated rings. The van der Waals surface area contributed by atoms with Crippen LogP contribution in [-0.2, 0) is 5.75 Å². The summed E-state index contributed by atoms with van der Waals surface area (Å²) in [6, 6.07) is 6.43. The molecule has 2 N–H and O–H groups in total. The number of aliphatic imine (C=N–C) groups is 1. The Morgan fingerprint density at radius 2 is 2.12 bits per heavy atom. The predicted molar refractivity (Wildman–Crippen MR) is 66.6 cm³/mol. The van der Waals surface area contributed by atoms with Gasteiger partial charge in [0.1, 0.15) is 0 Å². The molecule has 0 amide bonds. The summed E-state index contributed by atoms with van der Waals surface area (Å²) in [6.45, 7) is 2.58. The predicted octanol–water partition coefficient (Wildman–Crippen LogP) is 2.16. The van der Waals surface area contributed by atoms with E-state index < -0.39 is 4.92 Å². The number of hydrogen-bond acceptors (Lipinski definition) is 4. The largest absolute Gasteiger partial charge is 0.379 e. The van der Waals surface area contributed by atoms with Crippen molar-refractivity contribution in [1.29, 1.82) is 0 Å². The number of rotatable bonds is 4. The quantitative estimate of drug-likeness (QED) is 0.378. The van der Waals surface area contributed by atoms with Crippen molar-refractivity contribution in [2.75, 3.05) is 6.54 Å². The van der Waals surface area contributed by atoms with E-state index in [1.54, 1.807) is 12.1 Å². The first-order valence-corrected chi connectivity index (χ1v) is 5.78. The number of nitrogens with two attached hydrogens (primary N) is 1. The van der Waals surface area contributed by atoms with Gasteiger partial charge in [-0.15, -0.1) is 0 Å². The Bertz CT molecular complexity index is 390. The van der Waals surface area contributed by atoms with Crippen molar-refractivity contribution in [3.8, 4) is 0 Å². The van der Waals surface area contributed by atoms with E-state index in [9.17, 15) is 10.1 Å². The van der Waals surface area contributed by atoms with Crippen LogP contribution in [0.4, 0.5) is 5.69 Å². The van der Waals surface area contributed by atoms with E-state index in [0.717, 1.165) is 5.56 Å². The second-order valence-corrected chi connectivity index (χ2v) is 4.02. The fourth-order valence-corrected chi connectivity index (χ4v) is 1.80. The van der Waals surface area contributed by atoms with Gasteiger partial charge in [-0.3, -0.25) is 15.1 Å². The highest BCUT2D eigenvalue weighted by atomic mass is 32.2. The molecule has 0 aliphatic rings. The van der Waals surface area contributed by atoms with Crippen molar-refractivity contribution >= 4 is 22.6 Å². The van der Waals surface area contributed by atoms with Crippen LogP contribution in [0.5, 0.6) is 0 Å². The van der Waals surface area contributed by atoms with Gasteiger partial charge >= 0.3 is 0 Å². The van der Waals surface area contributed by atoms with Gasteiger partial charge in [0.05, 0.1) is 4.92 Å². The monoisotopic (exact) mass is 239 g/mol. The highest BCUT2D eigenvalue weighted by molar-refractivity contribution is 8.13. The second kappa shape index (κ2) is 6.12. The van der Waals surface area contributed by atoms with E-state index in [1.165, 1.54) is 23.9 Å². The van der Waals surface area contributed by atoms with Crippen LogP contribution in [-0.4, -0.2) is 16.6 Å². The van der Waals surface area contributed by atoms with E-state index in [-0.39, 0.29) is 5.69 Å². The van der Waals surface area contributed by atoms with Crippen LogP contribution < -0.4 is 5.73 Å². The molecule has 1 aromatic carbocycles. The molecule has 0 bridgehead atoms. The van der Waals surface area contributed by atoms with Crippen molar-refractivity contribution in [2.24, 2.45) is 10.7 Å². The molecule has 0 heterocycles. The van der Waals surface area contributed by atoms with Crippen LogP contribution in [0.2, 0.25) is 0 Å². The Morgan fingerprint density at radius 1 is 1.50 bits per heavy atom. The van der Waals surface area contributed by atoms with Crippen molar-refractivity contribution in [3.63, 3.8) is 0 Å². The molecule has 0 saturated carbocycles. The van der Waals surface area contributed by atoms with Gasteiger partial charge in [-0.2, -0.15) is 0 Å². The van der Waals surface area contributed by atoms with Crippen LogP contribution in [0, 0.1) is 10.1 Å². The van der Waals surface area contributed by atoms with E-state index in [4.69, 9.17) is 5.73 Å². The first-order chi connectivity index (χ1) is 7.63. The molecule has 86 valence electrons. The first-order valence-electron chi connectivity index (χ1n) is 4.79. The van der Waals surface area contributed by atoms with Crippen LogP contribution in [0.3, 0.4) is 0 Å². The molecular formula is C10H13N3O2S. The third kappa shape index (κ3) is 3.90. The van der Waals surface area contributed by atoms with Gasteiger partial charge < -0.3 is 5.73 Å². The molecule has 0 unspecified atom stereocenters. The van der Waals surface area contributed by atoms with Crippen LogP contribution in [0.15, 0.2) is 29.3 Å². The smallest absolute Gasteiger partial charge is 0.269 e. The fourth-order valence-electron chi connectivity index (χ4n) is 1.07. The number of amidine groups is 1. The van der Waals surface area contributed by atoms with Gasteiger partial charge in [0.25, 0.3) is 5.69 Å². The fraction of sp³-hybridized carbons (Fsp3) is 0.300. The minimum Gasteiger partial charge on any atom is -0.379 e. The average molecular weight is 239 g/mol. The molecule has 0 saturated heterocycles. The SMILES string of the molecule is CCN=C(N)SCc1ccc([N+](=O)[O-])cc1. The summed E-state index contributed by atoms with van der Waals surface area (Å²) in [5, 5.41) is 11.0. The molecule has 1 aromatic rings. The van der Waals surface area contributed by atoms with Crippen molar-refractivity contribution in [1.82, 2.24) is 0 Å². The molecule has 5 nitrogen and oxygen atoms in total. The third-order valence-electron chi connectivity index (χ3n) is 1.85. The molecule has 0 spiro atoms. The Balaban J connectivity index is 2.56. The molecule has 0 aromatic heterocycles. The van der Waals surface area contributed by atoms with Gasteiger partial charge in [-0.25, -0.2) is 0 Å². The second-order valence-electron chi connectivity index (χ2n) is 3.02. The summed E-state index contributed by atoms with van der Waals surface area (Å²) < 4.78 is 0. The van der Waals surface area contributed by atoms with Crippen molar-refractivity contribution in [3.05, 3.63) is 39.9 Å². The number of thioether (sulfide) groups is 1. The maximum absolute atomic E-state index is 10.4. The van der Waals surface area contributed by atoms with Crippen LogP contribution in [0.1, 0.15) is 12.5 Å². The molecule has 0 aliphatic carbocycles. The van der Waals surface area contributed by atoms with Crippen LogP contribution >= 0.6 is 11.8 Å². The van der Waals surface area contributed by atoms with Gasteiger partial charge in [-0.1, -0.05) is 23.9 Å². The summed E-state index contributed by atoms with van der Waals surface area (Å²) in [5.41, 5.74) is 6.71. The number of non-ortho nitro benzene ring substituents is 1. The molecule has 0 radical (unpaired) electrons. The highest BCUT2D eigenvalue weighted by Gasteiger charge is 2.04. The van der Waals surface area contributed by atoms with Crippen LogP contribution in [0.25, 0.3) is 0 Å². The molecule has 1 rings (SSSR count). The Hall–Kier alpha value is -1.56. The van der Waals surface area contributed by atoms with E-state index >= 15 is 0 Å². The maximum Gasteiger partial charge on any atom is 0.269 e. The zero-order chi connectivity index (χ0) is 12.0. The highest BCUT2D eigenvalue weighted by Crippen LogP contribution is 2.16. The van der Waals surface area contributed by atoms with Gasteiger partial charge in [0.2, 0.25) is 0 Å². The standard InChI is InChI=1S/C10H13N3O2S/c1-2-12-10(11)16-7-8-3-5-9(6-4-8)13(14)15/h3-6H,2,7H2,1H3,(H2,11,12). The summed E-state index contributed by atoms with van der Waals surface area (Å²) in [7, 11) is 0. The number of benzene rings is 1. The Kier molecular flexibility index (Phi) is 4.78.